The van der Waals surface area contributed by atoms with Gasteiger partial charge in [-0.2, -0.15) is 0 Å². The molecule has 0 saturated heterocycles. The predicted octanol–water partition coefficient (Wildman–Crippen LogP) is -0.347. The van der Waals surface area contributed by atoms with E-state index in [1.807, 2.05) is 0 Å². The molecule has 0 aliphatic rings. The van der Waals surface area contributed by atoms with Gasteiger partial charge in [-0.25, -0.2) is 0 Å². The average Bonchev–Trinajstić information content (AvgIpc) is 2.11. The van der Waals surface area contributed by atoms with Gasteiger partial charge in [0.25, 0.3) is 0 Å². The van der Waals surface area contributed by atoms with E-state index in [4.69, 9.17) is 0 Å². The lowest BCUT2D eigenvalue weighted by Gasteiger charge is -2.20. The molecule has 0 aliphatic heterocycles. The standard InChI is InChI=1S/C8H15NO4/c1-9(2)6(8(11)13-4)5-7(10)12-3/h6H,5H2,1-4H3/t6-/m0/s1. The fourth-order valence-corrected chi connectivity index (χ4v) is 0.854. The third-order valence-corrected chi connectivity index (χ3v) is 1.68. The van der Waals surface area contributed by atoms with Gasteiger partial charge < -0.3 is 9.47 Å². The summed E-state index contributed by atoms with van der Waals surface area (Å²) >= 11 is 0. The molecule has 5 nitrogen and oxygen atoms in total. The maximum Gasteiger partial charge on any atom is 0.323 e. The highest BCUT2D eigenvalue weighted by Gasteiger charge is 2.24. The Bertz CT molecular complexity index is 191. The third-order valence-electron chi connectivity index (χ3n) is 1.68. The van der Waals surface area contributed by atoms with Gasteiger partial charge in [-0.1, -0.05) is 0 Å². The molecule has 0 fully saturated rings. The van der Waals surface area contributed by atoms with E-state index in [1.54, 1.807) is 19.0 Å². The molecule has 0 aromatic carbocycles. The van der Waals surface area contributed by atoms with Crippen molar-refractivity contribution in [2.45, 2.75) is 12.5 Å². The SMILES string of the molecule is COC(=O)C[C@@H](C(=O)OC)N(C)C. The van der Waals surface area contributed by atoms with Crippen molar-refractivity contribution in [2.24, 2.45) is 0 Å². The van der Waals surface area contributed by atoms with Crippen molar-refractivity contribution in [1.29, 1.82) is 0 Å². The van der Waals surface area contributed by atoms with E-state index >= 15 is 0 Å². The van der Waals surface area contributed by atoms with Crippen LogP contribution >= 0.6 is 0 Å². The summed E-state index contributed by atoms with van der Waals surface area (Å²) in [6, 6.07) is -0.572. The molecule has 0 aromatic rings. The molecule has 0 bridgehead atoms. The van der Waals surface area contributed by atoms with Crippen LogP contribution in [0.4, 0.5) is 0 Å². The molecule has 13 heavy (non-hydrogen) atoms. The largest absolute Gasteiger partial charge is 0.469 e. The molecular formula is C8H15NO4. The molecule has 0 radical (unpaired) electrons. The van der Waals surface area contributed by atoms with Crippen LogP contribution in [0.3, 0.4) is 0 Å². The Balaban J connectivity index is 4.26. The summed E-state index contributed by atoms with van der Waals surface area (Å²) in [5.41, 5.74) is 0. The second-order valence-corrected chi connectivity index (χ2v) is 2.78. The molecular weight excluding hydrogens is 174 g/mol. The average molecular weight is 189 g/mol. The maximum atomic E-state index is 11.1. The van der Waals surface area contributed by atoms with Gasteiger partial charge in [-0.3, -0.25) is 14.5 Å². The van der Waals surface area contributed by atoms with Gasteiger partial charge in [0.05, 0.1) is 20.6 Å². The minimum Gasteiger partial charge on any atom is -0.469 e. The van der Waals surface area contributed by atoms with E-state index < -0.39 is 18.0 Å². The summed E-state index contributed by atoms with van der Waals surface area (Å²) in [4.78, 5) is 23.6. The highest BCUT2D eigenvalue weighted by Crippen LogP contribution is 2.03. The van der Waals surface area contributed by atoms with Crippen LogP contribution < -0.4 is 0 Å². The zero-order valence-corrected chi connectivity index (χ0v) is 8.36. The fraction of sp³-hybridized carbons (Fsp3) is 0.750. The van der Waals surface area contributed by atoms with E-state index in [1.165, 1.54) is 14.2 Å². The normalized spacial score (nSPS) is 12.4. The quantitative estimate of drug-likeness (QED) is 0.566. The van der Waals surface area contributed by atoms with Crippen molar-refractivity contribution in [3.8, 4) is 0 Å². The minimum absolute atomic E-state index is 0.0101. The zero-order valence-electron chi connectivity index (χ0n) is 8.36. The monoisotopic (exact) mass is 189 g/mol. The molecule has 0 N–H and O–H groups in total. The van der Waals surface area contributed by atoms with Gasteiger partial charge in [0, 0.05) is 0 Å². The molecule has 5 heteroatoms. The maximum absolute atomic E-state index is 11.1. The molecule has 0 spiro atoms. The fourth-order valence-electron chi connectivity index (χ4n) is 0.854. The number of methoxy groups -OCH3 is 2. The number of likely N-dealkylation sites (N-methyl/N-ethyl adjacent to an activating group) is 1. The number of nitrogens with zero attached hydrogens (tertiary/aromatic N) is 1. The summed E-state index contributed by atoms with van der Waals surface area (Å²) in [7, 11) is 5.97. The molecule has 0 rings (SSSR count). The van der Waals surface area contributed by atoms with E-state index in [0.29, 0.717) is 0 Å². The molecule has 0 saturated carbocycles. The van der Waals surface area contributed by atoms with Crippen molar-refractivity contribution in [3.05, 3.63) is 0 Å². The second-order valence-electron chi connectivity index (χ2n) is 2.78. The van der Waals surface area contributed by atoms with E-state index in [0.717, 1.165) is 0 Å². The highest BCUT2D eigenvalue weighted by atomic mass is 16.5. The van der Waals surface area contributed by atoms with Crippen LogP contribution in [0.15, 0.2) is 0 Å². The van der Waals surface area contributed by atoms with Gasteiger partial charge in [-0.15, -0.1) is 0 Å². The van der Waals surface area contributed by atoms with Gasteiger partial charge in [-0.05, 0) is 14.1 Å². The Morgan fingerprint density at radius 2 is 1.77 bits per heavy atom. The summed E-state index contributed by atoms with van der Waals surface area (Å²) in [5, 5.41) is 0. The minimum atomic E-state index is -0.572. The van der Waals surface area contributed by atoms with Gasteiger partial charge >= 0.3 is 11.9 Å². The Labute approximate surface area is 77.6 Å². The number of rotatable bonds is 4. The van der Waals surface area contributed by atoms with E-state index in [9.17, 15) is 9.59 Å². The predicted molar refractivity (Wildman–Crippen MR) is 46.1 cm³/mol. The first-order valence-electron chi connectivity index (χ1n) is 3.84. The summed E-state index contributed by atoms with van der Waals surface area (Å²) in [6.45, 7) is 0. The smallest absolute Gasteiger partial charge is 0.323 e. The molecule has 1 atom stereocenters. The lowest BCUT2D eigenvalue weighted by atomic mass is 10.2. The van der Waals surface area contributed by atoms with Crippen LogP contribution in [-0.2, 0) is 19.1 Å². The van der Waals surface area contributed by atoms with Crippen molar-refractivity contribution in [1.82, 2.24) is 4.90 Å². The number of ether oxygens (including phenoxy) is 2. The van der Waals surface area contributed by atoms with Crippen LogP contribution in [0.1, 0.15) is 6.42 Å². The van der Waals surface area contributed by atoms with Crippen molar-refractivity contribution in [2.75, 3.05) is 28.3 Å². The number of carbonyl (C=O) groups excluding carboxylic acids is 2. The number of hydrogen-bond donors (Lipinski definition) is 0. The van der Waals surface area contributed by atoms with Crippen molar-refractivity contribution < 1.29 is 19.1 Å². The third kappa shape index (κ3) is 3.89. The van der Waals surface area contributed by atoms with Crippen molar-refractivity contribution >= 4 is 11.9 Å². The van der Waals surface area contributed by atoms with Crippen LogP contribution in [0, 0.1) is 0 Å². The second kappa shape index (κ2) is 5.53. The Hall–Kier alpha value is -1.10. The number of carbonyl (C=O) groups is 2. The Morgan fingerprint density at radius 3 is 2.08 bits per heavy atom. The van der Waals surface area contributed by atoms with E-state index in [2.05, 4.69) is 9.47 Å². The number of hydrogen-bond acceptors (Lipinski definition) is 5. The molecule has 0 aliphatic carbocycles. The topological polar surface area (TPSA) is 55.8 Å². The van der Waals surface area contributed by atoms with Gasteiger partial charge in [0.15, 0.2) is 0 Å². The first-order valence-corrected chi connectivity index (χ1v) is 3.84. The molecule has 0 amide bonds. The first kappa shape index (κ1) is 11.9. The van der Waals surface area contributed by atoms with Crippen LogP contribution in [0.25, 0.3) is 0 Å². The van der Waals surface area contributed by atoms with E-state index in [-0.39, 0.29) is 6.42 Å². The summed E-state index contributed by atoms with van der Waals surface area (Å²) < 4.78 is 8.98. The zero-order chi connectivity index (χ0) is 10.4. The summed E-state index contributed by atoms with van der Waals surface area (Å²) in [5.74, 6) is -0.862. The molecule has 0 aromatic heterocycles. The Morgan fingerprint density at radius 1 is 1.23 bits per heavy atom. The highest BCUT2D eigenvalue weighted by molar-refractivity contribution is 5.82. The Kier molecular flexibility index (Phi) is 5.06. The summed E-state index contributed by atoms with van der Waals surface area (Å²) in [6.07, 6.45) is 0.0101. The lowest BCUT2D eigenvalue weighted by Crippen LogP contribution is -2.38. The lowest BCUT2D eigenvalue weighted by molar-refractivity contribution is -0.152. The van der Waals surface area contributed by atoms with Crippen LogP contribution in [-0.4, -0.2) is 51.2 Å². The van der Waals surface area contributed by atoms with Crippen LogP contribution in [0.2, 0.25) is 0 Å². The van der Waals surface area contributed by atoms with Gasteiger partial charge in [0.1, 0.15) is 6.04 Å². The number of esters is 2. The molecule has 76 valence electrons. The van der Waals surface area contributed by atoms with Crippen molar-refractivity contribution in [3.63, 3.8) is 0 Å². The first-order chi connectivity index (χ1) is 6.02. The van der Waals surface area contributed by atoms with Gasteiger partial charge in [0.2, 0.25) is 0 Å². The molecule has 0 heterocycles. The molecule has 0 unspecified atom stereocenters. The van der Waals surface area contributed by atoms with Crippen LogP contribution in [0.5, 0.6) is 0 Å².